The van der Waals surface area contributed by atoms with Crippen LogP contribution in [-0.4, -0.2) is 46.8 Å². The molecular weight excluding hydrogens is 611 g/mol. The maximum atomic E-state index is 12.3. The number of hydrogen-bond donors (Lipinski definition) is 3. The van der Waals surface area contributed by atoms with E-state index in [1.165, 1.54) is 122 Å². The van der Waals surface area contributed by atoms with Gasteiger partial charge in [-0.1, -0.05) is 155 Å². The number of phosphoric ester groups is 1. The molecule has 0 rings (SSSR count). The van der Waals surface area contributed by atoms with Gasteiger partial charge in [0, 0.05) is 12.8 Å². The SMILES string of the molecule is CCCCCCCCCCCCCCCC(=O)OC[C@H](COP(=O)(O)O)OC(=O)CCCCCCCCCCCCCCCS. The van der Waals surface area contributed by atoms with Crippen LogP contribution in [0.3, 0.4) is 0 Å². The van der Waals surface area contributed by atoms with Crippen molar-refractivity contribution in [2.24, 2.45) is 0 Å². The highest BCUT2D eigenvalue weighted by Gasteiger charge is 2.22. The maximum Gasteiger partial charge on any atom is 0.469 e. The Bertz CT molecular complexity index is 718. The number of carbonyl (C=O) groups is 2. The number of carbonyl (C=O) groups excluding carboxylic acids is 2. The van der Waals surface area contributed by atoms with E-state index in [9.17, 15) is 14.2 Å². The first kappa shape index (κ1) is 44.4. The zero-order valence-corrected chi connectivity index (χ0v) is 30.5. The molecule has 0 unspecified atom stereocenters. The number of unbranched alkanes of at least 4 members (excludes halogenated alkanes) is 24. The standard InChI is InChI=1S/C35H69O8PS/c1-2-3-4-5-6-7-8-10-13-16-19-22-25-28-34(36)41-31-33(32-42-44(38,39)40)43-35(37)29-26-23-20-17-14-11-9-12-15-18-21-24-27-30-45/h33,45H,2-32H2,1H3,(H2,38,39,40)/t33-/m1/s1. The van der Waals surface area contributed by atoms with Gasteiger partial charge in [0.1, 0.15) is 6.61 Å². The lowest BCUT2D eigenvalue weighted by Gasteiger charge is -2.18. The molecule has 0 spiro atoms. The van der Waals surface area contributed by atoms with E-state index in [2.05, 4.69) is 24.1 Å². The molecule has 0 aliphatic rings. The average molecular weight is 681 g/mol. The Kier molecular flexibility index (Phi) is 32.9. The molecule has 268 valence electrons. The summed E-state index contributed by atoms with van der Waals surface area (Å²) >= 11 is 4.25. The molecular formula is C35H69O8PS. The Morgan fingerprint density at radius 3 is 1.29 bits per heavy atom. The van der Waals surface area contributed by atoms with Gasteiger partial charge in [-0.15, -0.1) is 0 Å². The second-order valence-corrected chi connectivity index (χ2v) is 14.3. The van der Waals surface area contributed by atoms with Crippen LogP contribution < -0.4 is 0 Å². The fourth-order valence-electron chi connectivity index (χ4n) is 5.41. The molecule has 0 aliphatic carbocycles. The van der Waals surface area contributed by atoms with Crippen LogP contribution in [0.5, 0.6) is 0 Å². The van der Waals surface area contributed by atoms with Gasteiger partial charge in [-0.25, -0.2) is 4.57 Å². The summed E-state index contributed by atoms with van der Waals surface area (Å²) in [6.07, 6.45) is 30.7. The molecule has 0 saturated heterocycles. The minimum atomic E-state index is -4.74. The van der Waals surface area contributed by atoms with Crippen molar-refractivity contribution in [3.05, 3.63) is 0 Å². The van der Waals surface area contributed by atoms with Crippen molar-refractivity contribution in [3.8, 4) is 0 Å². The third kappa shape index (κ3) is 36.1. The second kappa shape index (κ2) is 33.3. The lowest BCUT2D eigenvalue weighted by Crippen LogP contribution is -2.29. The molecule has 0 bridgehead atoms. The van der Waals surface area contributed by atoms with Crippen molar-refractivity contribution in [2.75, 3.05) is 19.0 Å². The predicted octanol–water partition coefficient (Wildman–Crippen LogP) is 10.4. The lowest BCUT2D eigenvalue weighted by atomic mass is 10.0. The summed E-state index contributed by atoms with van der Waals surface area (Å²) in [5.41, 5.74) is 0. The van der Waals surface area contributed by atoms with Crippen LogP contribution in [0.1, 0.15) is 187 Å². The van der Waals surface area contributed by atoms with Crippen LogP contribution in [0, 0.1) is 0 Å². The Labute approximate surface area is 281 Å². The van der Waals surface area contributed by atoms with E-state index >= 15 is 0 Å². The van der Waals surface area contributed by atoms with Crippen molar-refractivity contribution < 1.29 is 37.9 Å². The highest BCUT2D eigenvalue weighted by Crippen LogP contribution is 2.36. The van der Waals surface area contributed by atoms with Crippen LogP contribution in [0.15, 0.2) is 0 Å². The van der Waals surface area contributed by atoms with Gasteiger partial charge in [0.05, 0.1) is 6.61 Å². The minimum Gasteiger partial charge on any atom is -0.462 e. The van der Waals surface area contributed by atoms with E-state index in [0.29, 0.717) is 6.42 Å². The topological polar surface area (TPSA) is 119 Å². The van der Waals surface area contributed by atoms with Gasteiger partial charge in [-0.3, -0.25) is 14.1 Å². The molecule has 8 nitrogen and oxygen atoms in total. The van der Waals surface area contributed by atoms with Crippen molar-refractivity contribution in [3.63, 3.8) is 0 Å². The van der Waals surface area contributed by atoms with Crippen LogP contribution in [0.25, 0.3) is 0 Å². The first-order valence-corrected chi connectivity index (χ1v) is 20.6. The maximum absolute atomic E-state index is 12.3. The summed E-state index contributed by atoms with van der Waals surface area (Å²) in [5, 5.41) is 0. The molecule has 45 heavy (non-hydrogen) atoms. The number of hydrogen-bond acceptors (Lipinski definition) is 7. The van der Waals surface area contributed by atoms with Gasteiger partial charge in [-0.05, 0) is 25.0 Å². The van der Waals surface area contributed by atoms with E-state index in [1.807, 2.05) is 0 Å². The van der Waals surface area contributed by atoms with Gasteiger partial charge >= 0.3 is 19.8 Å². The molecule has 0 heterocycles. The highest BCUT2D eigenvalue weighted by molar-refractivity contribution is 7.80. The van der Waals surface area contributed by atoms with E-state index in [0.717, 1.165) is 44.3 Å². The van der Waals surface area contributed by atoms with E-state index in [1.54, 1.807) is 0 Å². The molecule has 0 aromatic rings. The Morgan fingerprint density at radius 1 is 0.556 bits per heavy atom. The Hall–Kier alpha value is -0.600. The van der Waals surface area contributed by atoms with Gasteiger partial charge in [0.15, 0.2) is 6.10 Å². The summed E-state index contributed by atoms with van der Waals surface area (Å²) in [4.78, 5) is 42.6. The van der Waals surface area contributed by atoms with Gasteiger partial charge in [-0.2, -0.15) is 12.6 Å². The molecule has 0 fully saturated rings. The monoisotopic (exact) mass is 680 g/mol. The zero-order chi connectivity index (χ0) is 33.3. The average Bonchev–Trinajstić information content (AvgIpc) is 3.00. The summed E-state index contributed by atoms with van der Waals surface area (Å²) in [6.45, 7) is 1.43. The van der Waals surface area contributed by atoms with Crippen LogP contribution in [0.4, 0.5) is 0 Å². The molecule has 0 amide bonds. The largest absolute Gasteiger partial charge is 0.469 e. The summed E-state index contributed by atoms with van der Waals surface area (Å²) < 4.78 is 26.3. The molecule has 1 atom stereocenters. The van der Waals surface area contributed by atoms with Gasteiger partial charge in [0.25, 0.3) is 0 Å². The summed E-state index contributed by atoms with van der Waals surface area (Å²) in [6, 6.07) is 0. The van der Waals surface area contributed by atoms with Crippen molar-refractivity contribution >= 4 is 32.4 Å². The normalized spacial score (nSPS) is 12.4. The van der Waals surface area contributed by atoms with Crippen molar-refractivity contribution in [2.45, 2.75) is 193 Å². The first-order valence-electron chi connectivity index (χ1n) is 18.4. The molecule has 0 radical (unpaired) electrons. The molecule has 2 N–H and O–H groups in total. The number of rotatable bonds is 35. The summed E-state index contributed by atoms with van der Waals surface area (Å²) in [7, 11) is -4.74. The quantitative estimate of drug-likeness (QED) is 0.0262. The number of esters is 2. The van der Waals surface area contributed by atoms with E-state index < -0.39 is 32.5 Å². The van der Waals surface area contributed by atoms with Crippen molar-refractivity contribution in [1.29, 1.82) is 0 Å². The van der Waals surface area contributed by atoms with Crippen LogP contribution >= 0.6 is 20.5 Å². The number of thiol groups is 1. The van der Waals surface area contributed by atoms with Gasteiger partial charge in [0.2, 0.25) is 0 Å². The smallest absolute Gasteiger partial charge is 0.462 e. The predicted molar refractivity (Wildman–Crippen MR) is 188 cm³/mol. The minimum absolute atomic E-state index is 0.215. The lowest BCUT2D eigenvalue weighted by molar-refractivity contribution is -0.161. The van der Waals surface area contributed by atoms with E-state index in [-0.39, 0.29) is 19.4 Å². The number of phosphoric acid groups is 1. The first-order chi connectivity index (χ1) is 21.8. The van der Waals surface area contributed by atoms with E-state index in [4.69, 9.17) is 19.3 Å². The fourth-order valence-corrected chi connectivity index (χ4v) is 6.00. The molecule has 0 aromatic carbocycles. The third-order valence-electron chi connectivity index (χ3n) is 8.18. The highest BCUT2D eigenvalue weighted by atomic mass is 32.1. The van der Waals surface area contributed by atoms with Crippen LogP contribution in [-0.2, 0) is 28.2 Å². The summed E-state index contributed by atoms with van der Waals surface area (Å²) in [5.74, 6) is 0.114. The molecule has 0 aliphatic heterocycles. The van der Waals surface area contributed by atoms with Crippen LogP contribution in [0.2, 0.25) is 0 Å². The van der Waals surface area contributed by atoms with Crippen molar-refractivity contribution in [1.82, 2.24) is 0 Å². The Morgan fingerprint density at radius 2 is 0.911 bits per heavy atom. The fraction of sp³-hybridized carbons (Fsp3) is 0.943. The third-order valence-corrected chi connectivity index (χ3v) is 8.98. The number of ether oxygens (including phenoxy) is 2. The zero-order valence-electron chi connectivity index (χ0n) is 28.7. The Balaban J connectivity index is 3.92. The molecule has 0 aromatic heterocycles. The second-order valence-electron chi connectivity index (χ2n) is 12.6. The molecule has 0 saturated carbocycles. The molecule has 10 heteroatoms. The van der Waals surface area contributed by atoms with Gasteiger partial charge < -0.3 is 19.3 Å².